The summed E-state index contributed by atoms with van der Waals surface area (Å²) in [5.74, 6) is 0.598. The first-order valence-corrected chi connectivity index (χ1v) is 4.59. The van der Waals surface area contributed by atoms with Crippen molar-refractivity contribution in [3.63, 3.8) is 0 Å². The number of hydrogen-bond acceptors (Lipinski definition) is 1. The molecule has 0 fully saturated rings. The highest BCUT2D eigenvalue weighted by atomic mass is 14.9. The van der Waals surface area contributed by atoms with Crippen molar-refractivity contribution < 1.29 is 0 Å². The fourth-order valence-electron chi connectivity index (χ4n) is 2.22. The van der Waals surface area contributed by atoms with Crippen molar-refractivity contribution in [3.8, 4) is 0 Å². The van der Waals surface area contributed by atoms with E-state index in [-0.39, 0.29) is 0 Å². The molecule has 12 heavy (non-hydrogen) atoms. The van der Waals surface area contributed by atoms with Gasteiger partial charge in [-0.3, -0.25) is 0 Å². The van der Waals surface area contributed by atoms with Crippen LogP contribution >= 0.6 is 0 Å². The fourth-order valence-corrected chi connectivity index (χ4v) is 2.22. The van der Waals surface area contributed by atoms with Crippen LogP contribution < -0.4 is 5.73 Å². The second-order valence-electron chi connectivity index (χ2n) is 3.91. The molecular weight excluding hydrogens is 148 g/mol. The zero-order valence-electron chi connectivity index (χ0n) is 7.75. The molecule has 0 bridgehead atoms. The van der Waals surface area contributed by atoms with Gasteiger partial charge >= 0.3 is 0 Å². The van der Waals surface area contributed by atoms with Crippen molar-refractivity contribution in [2.24, 2.45) is 12.8 Å². The van der Waals surface area contributed by atoms with E-state index in [1.165, 1.54) is 24.0 Å². The summed E-state index contributed by atoms with van der Waals surface area (Å²) in [6.07, 6.45) is 6.89. The van der Waals surface area contributed by atoms with Gasteiger partial charge in [0, 0.05) is 31.4 Å². The van der Waals surface area contributed by atoms with E-state index in [0.29, 0.717) is 12.0 Å². The van der Waals surface area contributed by atoms with Gasteiger partial charge in [-0.25, -0.2) is 0 Å². The van der Waals surface area contributed by atoms with E-state index >= 15 is 0 Å². The molecule has 2 rings (SSSR count). The molecule has 0 aliphatic heterocycles. The van der Waals surface area contributed by atoms with E-state index in [1.54, 1.807) is 0 Å². The van der Waals surface area contributed by atoms with Crippen LogP contribution in [0.2, 0.25) is 0 Å². The first-order chi connectivity index (χ1) is 5.68. The van der Waals surface area contributed by atoms with Gasteiger partial charge in [-0.2, -0.15) is 0 Å². The third-order valence-electron chi connectivity index (χ3n) is 2.83. The van der Waals surface area contributed by atoms with E-state index < -0.39 is 0 Å². The van der Waals surface area contributed by atoms with Crippen LogP contribution in [-0.4, -0.2) is 10.6 Å². The number of nitrogens with two attached hydrogens (primary N) is 1. The molecule has 1 heterocycles. The summed E-state index contributed by atoms with van der Waals surface area (Å²) in [5, 5.41) is 0. The van der Waals surface area contributed by atoms with Gasteiger partial charge in [0.15, 0.2) is 0 Å². The Labute approximate surface area is 73.4 Å². The van der Waals surface area contributed by atoms with Gasteiger partial charge in [-0.1, -0.05) is 0 Å². The maximum atomic E-state index is 5.91. The lowest BCUT2D eigenvalue weighted by atomic mass is 9.97. The Hall–Kier alpha value is -0.760. The average Bonchev–Trinajstić information content (AvgIpc) is 2.43. The number of hydrogen-bond donors (Lipinski definition) is 1. The SMILES string of the molecule is CC(N)C1CCc2cn(C)cc21. The Balaban J connectivity index is 2.34. The molecule has 0 aromatic carbocycles. The molecule has 0 radical (unpaired) electrons. The molecule has 0 spiro atoms. The number of nitrogens with zero attached hydrogens (tertiary/aromatic N) is 1. The lowest BCUT2D eigenvalue weighted by Crippen LogP contribution is -2.22. The fraction of sp³-hybridized carbons (Fsp3) is 0.600. The van der Waals surface area contributed by atoms with Crippen molar-refractivity contribution in [3.05, 3.63) is 23.5 Å². The summed E-state index contributed by atoms with van der Waals surface area (Å²) in [5.41, 5.74) is 8.89. The van der Waals surface area contributed by atoms with Gasteiger partial charge in [0.05, 0.1) is 0 Å². The molecule has 1 aromatic rings. The van der Waals surface area contributed by atoms with Gasteiger partial charge < -0.3 is 10.3 Å². The molecule has 1 aliphatic rings. The second kappa shape index (κ2) is 2.63. The van der Waals surface area contributed by atoms with E-state index in [0.717, 1.165) is 0 Å². The third kappa shape index (κ3) is 1.07. The largest absolute Gasteiger partial charge is 0.357 e. The van der Waals surface area contributed by atoms with Crippen LogP contribution in [0.4, 0.5) is 0 Å². The minimum atomic E-state index is 0.300. The highest BCUT2D eigenvalue weighted by molar-refractivity contribution is 5.34. The van der Waals surface area contributed by atoms with Crippen molar-refractivity contribution in [1.29, 1.82) is 0 Å². The Morgan fingerprint density at radius 3 is 3.00 bits per heavy atom. The average molecular weight is 164 g/mol. The van der Waals surface area contributed by atoms with E-state index in [1.807, 2.05) is 0 Å². The minimum Gasteiger partial charge on any atom is -0.357 e. The van der Waals surface area contributed by atoms with Crippen LogP contribution in [0.25, 0.3) is 0 Å². The highest BCUT2D eigenvalue weighted by Crippen LogP contribution is 2.34. The van der Waals surface area contributed by atoms with Crippen LogP contribution in [0.5, 0.6) is 0 Å². The summed E-state index contributed by atoms with van der Waals surface area (Å²) >= 11 is 0. The van der Waals surface area contributed by atoms with Crippen LogP contribution in [-0.2, 0) is 13.5 Å². The predicted molar refractivity (Wildman–Crippen MR) is 50.1 cm³/mol. The smallest absolute Gasteiger partial charge is 0.0106 e. The molecule has 0 amide bonds. The van der Waals surface area contributed by atoms with Crippen molar-refractivity contribution in [2.75, 3.05) is 0 Å². The second-order valence-corrected chi connectivity index (χ2v) is 3.91. The third-order valence-corrected chi connectivity index (χ3v) is 2.83. The summed E-state index contributed by atoms with van der Waals surface area (Å²) in [7, 11) is 2.08. The number of aryl methyl sites for hydroxylation is 2. The zero-order valence-corrected chi connectivity index (χ0v) is 7.75. The standard InChI is InChI=1S/C10H16N2/c1-7(11)9-4-3-8-5-12(2)6-10(8)9/h5-7,9H,3-4,11H2,1-2H3. The van der Waals surface area contributed by atoms with Crippen molar-refractivity contribution in [1.82, 2.24) is 4.57 Å². The van der Waals surface area contributed by atoms with Crippen LogP contribution in [0.1, 0.15) is 30.4 Å². The lowest BCUT2D eigenvalue weighted by Gasteiger charge is -2.13. The topological polar surface area (TPSA) is 30.9 Å². The molecular formula is C10H16N2. The van der Waals surface area contributed by atoms with Gasteiger partial charge in [-0.05, 0) is 30.9 Å². The molecule has 2 heteroatoms. The maximum absolute atomic E-state index is 5.91. The molecule has 2 nitrogen and oxygen atoms in total. The van der Waals surface area contributed by atoms with E-state index in [2.05, 4.69) is 30.9 Å². The van der Waals surface area contributed by atoms with Gasteiger partial charge in [0.1, 0.15) is 0 Å². The quantitative estimate of drug-likeness (QED) is 0.668. The summed E-state index contributed by atoms with van der Waals surface area (Å²) < 4.78 is 2.14. The molecule has 2 unspecified atom stereocenters. The van der Waals surface area contributed by atoms with E-state index in [4.69, 9.17) is 5.73 Å². The van der Waals surface area contributed by atoms with E-state index in [9.17, 15) is 0 Å². The zero-order chi connectivity index (χ0) is 8.72. The lowest BCUT2D eigenvalue weighted by molar-refractivity contribution is 0.561. The number of fused-ring (bicyclic) bond motifs is 1. The maximum Gasteiger partial charge on any atom is 0.0106 e. The summed E-state index contributed by atoms with van der Waals surface area (Å²) in [6, 6.07) is 0.300. The van der Waals surface area contributed by atoms with Crippen molar-refractivity contribution in [2.45, 2.75) is 31.7 Å². The first kappa shape index (κ1) is 7.87. The van der Waals surface area contributed by atoms with Crippen LogP contribution in [0, 0.1) is 0 Å². The monoisotopic (exact) mass is 164 g/mol. The first-order valence-electron chi connectivity index (χ1n) is 4.59. The van der Waals surface area contributed by atoms with Crippen LogP contribution in [0.15, 0.2) is 12.4 Å². The molecule has 2 atom stereocenters. The van der Waals surface area contributed by atoms with Crippen LogP contribution in [0.3, 0.4) is 0 Å². The van der Waals surface area contributed by atoms with Gasteiger partial charge in [0.2, 0.25) is 0 Å². The Morgan fingerprint density at radius 2 is 2.33 bits per heavy atom. The Bertz CT molecular complexity index is 286. The van der Waals surface area contributed by atoms with Crippen molar-refractivity contribution >= 4 is 0 Å². The Morgan fingerprint density at radius 1 is 1.58 bits per heavy atom. The Kier molecular flexibility index (Phi) is 1.72. The summed E-state index contributed by atoms with van der Waals surface area (Å²) in [4.78, 5) is 0. The predicted octanol–water partition coefficient (Wildman–Crippen LogP) is 1.40. The molecule has 0 saturated carbocycles. The van der Waals surface area contributed by atoms with Gasteiger partial charge in [0.25, 0.3) is 0 Å². The molecule has 1 aromatic heterocycles. The highest BCUT2D eigenvalue weighted by Gasteiger charge is 2.26. The molecule has 66 valence electrons. The molecule has 0 saturated heterocycles. The summed E-state index contributed by atoms with van der Waals surface area (Å²) in [6.45, 7) is 2.10. The minimum absolute atomic E-state index is 0.300. The molecule has 1 aliphatic carbocycles. The number of aromatic nitrogens is 1. The molecule has 2 N–H and O–H groups in total. The normalized spacial score (nSPS) is 24.1. The number of rotatable bonds is 1. The van der Waals surface area contributed by atoms with Gasteiger partial charge in [-0.15, -0.1) is 0 Å².